The summed E-state index contributed by atoms with van der Waals surface area (Å²) in [6.45, 7) is 3.67. The second-order valence-electron chi connectivity index (χ2n) is 3.37. The Kier molecular flexibility index (Phi) is 7.22. The summed E-state index contributed by atoms with van der Waals surface area (Å²) in [5.41, 5.74) is 7.05. The number of hydrogen-bond donors (Lipinski definition) is 1. The standard InChI is InChI=1S/C12H16ClNO.ClH/c1-3-4-5-11(14)9-6-7-10(13)12(8-9)15-2;/h3,6-8,11H,1,4-5,14H2,2H3;1H/t11-;/m1./s1. The molecule has 1 aromatic rings. The first-order valence-electron chi connectivity index (χ1n) is 4.89. The summed E-state index contributed by atoms with van der Waals surface area (Å²) in [6, 6.07) is 5.63. The van der Waals surface area contributed by atoms with E-state index in [1.165, 1.54) is 0 Å². The van der Waals surface area contributed by atoms with Gasteiger partial charge in [-0.3, -0.25) is 0 Å². The van der Waals surface area contributed by atoms with Gasteiger partial charge in [-0.1, -0.05) is 23.7 Å². The average Bonchev–Trinajstić information content (AvgIpc) is 2.26. The second kappa shape index (κ2) is 7.55. The third kappa shape index (κ3) is 4.05. The Balaban J connectivity index is 0.00000225. The van der Waals surface area contributed by atoms with Crippen LogP contribution in [0.2, 0.25) is 5.02 Å². The molecule has 16 heavy (non-hydrogen) atoms. The lowest BCUT2D eigenvalue weighted by Crippen LogP contribution is -2.09. The lowest BCUT2D eigenvalue weighted by Gasteiger charge is -2.12. The molecule has 90 valence electrons. The van der Waals surface area contributed by atoms with Crippen LogP contribution in [0.25, 0.3) is 0 Å². The number of benzene rings is 1. The monoisotopic (exact) mass is 261 g/mol. The minimum absolute atomic E-state index is 0. The fraction of sp³-hybridized carbons (Fsp3) is 0.333. The number of methoxy groups -OCH3 is 1. The summed E-state index contributed by atoms with van der Waals surface area (Å²) in [6.07, 6.45) is 3.66. The zero-order valence-electron chi connectivity index (χ0n) is 9.28. The summed E-state index contributed by atoms with van der Waals surface area (Å²) >= 11 is 5.92. The highest BCUT2D eigenvalue weighted by Crippen LogP contribution is 2.28. The molecule has 0 aliphatic carbocycles. The van der Waals surface area contributed by atoms with E-state index in [2.05, 4.69) is 6.58 Å². The zero-order valence-corrected chi connectivity index (χ0v) is 10.9. The molecular formula is C12H17Cl2NO. The molecule has 0 aliphatic heterocycles. The van der Waals surface area contributed by atoms with Crippen molar-refractivity contribution in [2.24, 2.45) is 5.73 Å². The van der Waals surface area contributed by atoms with E-state index in [1.54, 1.807) is 7.11 Å². The predicted octanol–water partition coefficient (Wildman–Crippen LogP) is 3.74. The highest BCUT2D eigenvalue weighted by molar-refractivity contribution is 6.32. The first kappa shape index (κ1) is 15.3. The van der Waals surface area contributed by atoms with Gasteiger partial charge in [-0.05, 0) is 30.5 Å². The van der Waals surface area contributed by atoms with Crippen molar-refractivity contribution >= 4 is 24.0 Å². The van der Waals surface area contributed by atoms with Crippen molar-refractivity contribution in [3.63, 3.8) is 0 Å². The molecule has 0 spiro atoms. The number of allylic oxidation sites excluding steroid dienone is 1. The Morgan fingerprint density at radius 1 is 1.56 bits per heavy atom. The quantitative estimate of drug-likeness (QED) is 0.820. The van der Waals surface area contributed by atoms with Gasteiger partial charge in [0.05, 0.1) is 12.1 Å². The molecule has 1 rings (SSSR count). The molecular weight excluding hydrogens is 245 g/mol. The number of halogens is 2. The molecule has 2 N–H and O–H groups in total. The molecule has 0 heterocycles. The molecule has 2 nitrogen and oxygen atoms in total. The summed E-state index contributed by atoms with van der Waals surface area (Å²) in [5, 5.41) is 0.608. The molecule has 0 radical (unpaired) electrons. The average molecular weight is 262 g/mol. The molecule has 0 amide bonds. The molecule has 1 atom stereocenters. The van der Waals surface area contributed by atoms with Crippen LogP contribution in [0.3, 0.4) is 0 Å². The Morgan fingerprint density at radius 3 is 2.81 bits per heavy atom. The van der Waals surface area contributed by atoms with Gasteiger partial charge in [0.25, 0.3) is 0 Å². The van der Waals surface area contributed by atoms with Crippen molar-refractivity contribution < 1.29 is 4.74 Å². The van der Waals surface area contributed by atoms with Crippen LogP contribution in [0.5, 0.6) is 5.75 Å². The van der Waals surface area contributed by atoms with Crippen LogP contribution in [0.15, 0.2) is 30.9 Å². The maximum atomic E-state index is 6.01. The number of hydrogen-bond acceptors (Lipinski definition) is 2. The van der Waals surface area contributed by atoms with Gasteiger partial charge in [0.1, 0.15) is 5.75 Å². The van der Waals surface area contributed by atoms with Gasteiger partial charge in [-0.25, -0.2) is 0 Å². The van der Waals surface area contributed by atoms with Crippen molar-refractivity contribution in [3.05, 3.63) is 41.4 Å². The van der Waals surface area contributed by atoms with Gasteiger partial charge in [0.15, 0.2) is 0 Å². The lowest BCUT2D eigenvalue weighted by molar-refractivity contribution is 0.414. The Bertz CT molecular complexity index is 342. The van der Waals surface area contributed by atoms with Gasteiger partial charge >= 0.3 is 0 Å². The first-order chi connectivity index (χ1) is 7.19. The zero-order chi connectivity index (χ0) is 11.3. The fourth-order valence-electron chi connectivity index (χ4n) is 1.37. The molecule has 0 bridgehead atoms. The topological polar surface area (TPSA) is 35.2 Å². The van der Waals surface area contributed by atoms with Gasteiger partial charge < -0.3 is 10.5 Å². The van der Waals surface area contributed by atoms with Crippen molar-refractivity contribution in [1.82, 2.24) is 0 Å². The molecule has 0 fully saturated rings. The fourth-order valence-corrected chi connectivity index (χ4v) is 1.57. The van der Waals surface area contributed by atoms with Gasteiger partial charge in [0.2, 0.25) is 0 Å². The van der Waals surface area contributed by atoms with Crippen molar-refractivity contribution in [2.45, 2.75) is 18.9 Å². The summed E-state index contributed by atoms with van der Waals surface area (Å²) in [5.74, 6) is 0.670. The van der Waals surface area contributed by atoms with E-state index in [0.29, 0.717) is 10.8 Å². The maximum Gasteiger partial charge on any atom is 0.137 e. The van der Waals surface area contributed by atoms with E-state index in [-0.39, 0.29) is 18.4 Å². The van der Waals surface area contributed by atoms with E-state index in [0.717, 1.165) is 18.4 Å². The number of rotatable bonds is 5. The van der Waals surface area contributed by atoms with Crippen molar-refractivity contribution in [2.75, 3.05) is 7.11 Å². The highest BCUT2D eigenvalue weighted by Gasteiger charge is 2.08. The van der Waals surface area contributed by atoms with Crippen molar-refractivity contribution in [3.8, 4) is 5.75 Å². The van der Waals surface area contributed by atoms with Crippen molar-refractivity contribution in [1.29, 1.82) is 0 Å². The molecule has 4 heteroatoms. The van der Waals surface area contributed by atoms with E-state index < -0.39 is 0 Å². The Labute approximate surface area is 108 Å². The molecule has 0 unspecified atom stereocenters. The highest BCUT2D eigenvalue weighted by atomic mass is 35.5. The lowest BCUT2D eigenvalue weighted by atomic mass is 10.0. The van der Waals surface area contributed by atoms with Crippen LogP contribution in [0.4, 0.5) is 0 Å². The Hall–Kier alpha value is -0.700. The van der Waals surface area contributed by atoms with Gasteiger partial charge in [-0.2, -0.15) is 0 Å². The van der Waals surface area contributed by atoms with Gasteiger partial charge in [0, 0.05) is 6.04 Å². The van der Waals surface area contributed by atoms with E-state index >= 15 is 0 Å². The number of ether oxygens (including phenoxy) is 1. The van der Waals surface area contributed by atoms with E-state index in [9.17, 15) is 0 Å². The van der Waals surface area contributed by atoms with Crippen LogP contribution in [-0.4, -0.2) is 7.11 Å². The molecule has 0 aliphatic rings. The largest absolute Gasteiger partial charge is 0.495 e. The second-order valence-corrected chi connectivity index (χ2v) is 3.77. The molecule has 0 saturated carbocycles. The minimum Gasteiger partial charge on any atom is -0.495 e. The van der Waals surface area contributed by atoms with Crippen LogP contribution in [0, 0.1) is 0 Å². The predicted molar refractivity (Wildman–Crippen MR) is 71.6 cm³/mol. The van der Waals surface area contributed by atoms with Crippen LogP contribution >= 0.6 is 24.0 Å². The third-order valence-electron chi connectivity index (χ3n) is 2.29. The third-order valence-corrected chi connectivity index (χ3v) is 2.60. The maximum absolute atomic E-state index is 6.01. The summed E-state index contributed by atoms with van der Waals surface area (Å²) < 4.78 is 5.13. The number of nitrogens with two attached hydrogens (primary N) is 1. The van der Waals surface area contributed by atoms with Gasteiger partial charge in [-0.15, -0.1) is 19.0 Å². The van der Waals surface area contributed by atoms with E-state index in [1.807, 2.05) is 24.3 Å². The molecule has 1 aromatic carbocycles. The van der Waals surface area contributed by atoms with Crippen LogP contribution in [-0.2, 0) is 0 Å². The van der Waals surface area contributed by atoms with Crippen LogP contribution < -0.4 is 10.5 Å². The first-order valence-corrected chi connectivity index (χ1v) is 5.26. The smallest absolute Gasteiger partial charge is 0.137 e. The summed E-state index contributed by atoms with van der Waals surface area (Å²) in [7, 11) is 1.60. The molecule has 0 aromatic heterocycles. The Morgan fingerprint density at radius 2 is 2.25 bits per heavy atom. The summed E-state index contributed by atoms with van der Waals surface area (Å²) in [4.78, 5) is 0. The van der Waals surface area contributed by atoms with E-state index in [4.69, 9.17) is 22.1 Å². The van der Waals surface area contributed by atoms with Crippen LogP contribution in [0.1, 0.15) is 24.4 Å². The normalized spacial score (nSPS) is 11.4. The molecule has 0 saturated heterocycles. The minimum atomic E-state index is 0. The SMILES string of the molecule is C=CCC[C@@H](N)c1ccc(Cl)c(OC)c1.Cl.